The van der Waals surface area contributed by atoms with Gasteiger partial charge in [0.05, 0.1) is 5.69 Å². The quantitative estimate of drug-likeness (QED) is 0.521. The molecule has 2 heterocycles. The number of fused-ring (bicyclic) bond motifs is 1. The van der Waals surface area contributed by atoms with Crippen molar-refractivity contribution in [1.82, 2.24) is 20.4 Å². The van der Waals surface area contributed by atoms with Gasteiger partial charge in [-0.1, -0.05) is 6.07 Å². The van der Waals surface area contributed by atoms with Gasteiger partial charge in [-0.2, -0.15) is 0 Å². The van der Waals surface area contributed by atoms with E-state index in [0.29, 0.717) is 11.7 Å². The topological polar surface area (TPSA) is 100 Å². The summed E-state index contributed by atoms with van der Waals surface area (Å²) in [5.41, 5.74) is 5.59. The first-order chi connectivity index (χ1) is 14.1. The maximum Gasteiger partial charge on any atom is 0.436 e. The Labute approximate surface area is 168 Å². The summed E-state index contributed by atoms with van der Waals surface area (Å²) in [5.74, 6) is 1.06. The lowest BCUT2D eigenvalue weighted by Gasteiger charge is -2.32. The van der Waals surface area contributed by atoms with Crippen LogP contribution in [0, 0.1) is 0 Å². The van der Waals surface area contributed by atoms with E-state index in [-0.39, 0.29) is 6.04 Å². The van der Waals surface area contributed by atoms with Gasteiger partial charge in [0.15, 0.2) is 0 Å². The average molecular weight is 391 g/mol. The Bertz CT molecular complexity index is 1010. The molecule has 2 N–H and O–H groups in total. The number of hydrogen-bond donors (Lipinski definition) is 2. The molecule has 0 aliphatic heterocycles. The number of pyridine rings is 1. The van der Waals surface area contributed by atoms with Crippen molar-refractivity contribution in [2.75, 3.05) is 11.9 Å². The van der Waals surface area contributed by atoms with Gasteiger partial charge in [0.25, 0.3) is 0 Å². The Hall–Kier alpha value is -3.52. The number of aryl methyl sites for hydroxylation is 1. The summed E-state index contributed by atoms with van der Waals surface area (Å²) in [5, 5.41) is 8.63. The van der Waals surface area contributed by atoms with Gasteiger partial charge in [0, 0.05) is 37.2 Å². The molecule has 0 saturated carbocycles. The molecule has 29 heavy (non-hydrogen) atoms. The third kappa shape index (κ3) is 4.17. The second kappa shape index (κ2) is 8.24. The van der Waals surface area contributed by atoms with Gasteiger partial charge in [-0.25, -0.2) is 20.2 Å². The van der Waals surface area contributed by atoms with E-state index in [1.165, 1.54) is 11.0 Å². The zero-order chi connectivity index (χ0) is 20.2. The molecule has 148 valence electrons. The molecule has 0 saturated heterocycles. The van der Waals surface area contributed by atoms with Crippen LogP contribution < -0.4 is 15.1 Å². The predicted octanol–water partition coefficient (Wildman–Crippen LogP) is 3.01. The van der Waals surface area contributed by atoms with Crippen molar-refractivity contribution in [3.05, 3.63) is 66.1 Å². The highest BCUT2D eigenvalue weighted by Gasteiger charge is 2.24. The number of carbonyl (C=O) groups is 1. The van der Waals surface area contributed by atoms with E-state index in [1.54, 1.807) is 24.7 Å². The van der Waals surface area contributed by atoms with Crippen molar-refractivity contribution in [2.45, 2.75) is 25.3 Å². The SMILES string of the molecule is CN(c1nccc(-c2cccnc2)n1)C1CCc2ccc(OC(=O)NO)cc2C1. The van der Waals surface area contributed by atoms with Gasteiger partial charge in [-0.3, -0.25) is 10.2 Å². The third-order valence-electron chi connectivity index (χ3n) is 5.15. The van der Waals surface area contributed by atoms with Gasteiger partial charge in [0.1, 0.15) is 5.75 Å². The summed E-state index contributed by atoms with van der Waals surface area (Å²) in [4.78, 5) is 26.7. The molecule has 1 atom stereocenters. The Kier molecular flexibility index (Phi) is 5.35. The van der Waals surface area contributed by atoms with Crippen LogP contribution in [0.4, 0.5) is 10.7 Å². The number of ether oxygens (including phenoxy) is 1. The van der Waals surface area contributed by atoms with Crippen LogP contribution in [0.1, 0.15) is 17.5 Å². The van der Waals surface area contributed by atoms with Crippen LogP contribution in [0.3, 0.4) is 0 Å². The maximum absolute atomic E-state index is 11.2. The first-order valence-electron chi connectivity index (χ1n) is 9.34. The fourth-order valence-corrected chi connectivity index (χ4v) is 3.59. The fourth-order valence-electron chi connectivity index (χ4n) is 3.59. The van der Waals surface area contributed by atoms with Crippen molar-refractivity contribution in [2.24, 2.45) is 0 Å². The first-order valence-corrected chi connectivity index (χ1v) is 9.34. The van der Waals surface area contributed by atoms with Gasteiger partial charge in [-0.15, -0.1) is 0 Å². The van der Waals surface area contributed by atoms with Gasteiger partial charge in [-0.05, 0) is 60.7 Å². The molecule has 1 aliphatic carbocycles. The minimum Gasteiger partial charge on any atom is -0.409 e. The molecular formula is C21H21N5O3. The lowest BCUT2D eigenvalue weighted by atomic mass is 9.87. The summed E-state index contributed by atoms with van der Waals surface area (Å²) < 4.78 is 5.03. The maximum atomic E-state index is 11.2. The van der Waals surface area contributed by atoms with Gasteiger partial charge < -0.3 is 9.64 Å². The highest BCUT2D eigenvalue weighted by molar-refractivity contribution is 5.69. The summed E-state index contributed by atoms with van der Waals surface area (Å²) in [7, 11) is 2.00. The molecule has 8 heteroatoms. The van der Waals surface area contributed by atoms with Gasteiger partial charge >= 0.3 is 6.09 Å². The molecule has 1 aromatic carbocycles. The van der Waals surface area contributed by atoms with E-state index in [0.717, 1.165) is 36.1 Å². The van der Waals surface area contributed by atoms with Crippen molar-refractivity contribution in [3.8, 4) is 17.0 Å². The third-order valence-corrected chi connectivity index (χ3v) is 5.15. The Morgan fingerprint density at radius 1 is 1.24 bits per heavy atom. The van der Waals surface area contributed by atoms with Crippen LogP contribution in [0.5, 0.6) is 5.75 Å². The second-order valence-electron chi connectivity index (χ2n) is 6.92. The van der Waals surface area contributed by atoms with Crippen LogP contribution in [-0.2, 0) is 12.8 Å². The van der Waals surface area contributed by atoms with Crippen LogP contribution in [0.15, 0.2) is 55.0 Å². The van der Waals surface area contributed by atoms with Crippen LogP contribution in [0.25, 0.3) is 11.3 Å². The van der Waals surface area contributed by atoms with Crippen molar-refractivity contribution >= 4 is 12.0 Å². The summed E-state index contributed by atoms with van der Waals surface area (Å²) in [6.07, 6.45) is 7.05. The minimum absolute atomic E-state index is 0.216. The number of anilines is 1. The van der Waals surface area contributed by atoms with Crippen LogP contribution in [0.2, 0.25) is 0 Å². The number of amides is 1. The lowest BCUT2D eigenvalue weighted by Crippen LogP contribution is -2.37. The molecule has 1 aliphatic rings. The minimum atomic E-state index is -0.907. The van der Waals surface area contributed by atoms with Crippen molar-refractivity contribution in [1.29, 1.82) is 0 Å². The molecule has 2 aromatic heterocycles. The normalized spacial score (nSPS) is 15.3. The average Bonchev–Trinajstić information content (AvgIpc) is 2.78. The van der Waals surface area contributed by atoms with Crippen LogP contribution >= 0.6 is 0 Å². The number of hydrogen-bond acceptors (Lipinski definition) is 7. The molecule has 3 aromatic rings. The zero-order valence-electron chi connectivity index (χ0n) is 15.9. The molecule has 8 nitrogen and oxygen atoms in total. The molecule has 0 radical (unpaired) electrons. The molecule has 4 rings (SSSR count). The van der Waals surface area contributed by atoms with E-state index in [2.05, 4.69) is 14.9 Å². The number of nitrogens with zero attached hydrogens (tertiary/aromatic N) is 4. The number of likely N-dealkylation sites (N-methyl/N-ethyl adjacent to an activating group) is 1. The first kappa shape index (κ1) is 18.8. The Morgan fingerprint density at radius 3 is 2.93 bits per heavy atom. The van der Waals surface area contributed by atoms with E-state index in [1.807, 2.05) is 37.4 Å². The molecule has 1 unspecified atom stereocenters. The lowest BCUT2D eigenvalue weighted by molar-refractivity contribution is 0.127. The molecule has 0 bridgehead atoms. The van der Waals surface area contributed by atoms with E-state index in [4.69, 9.17) is 14.9 Å². The van der Waals surface area contributed by atoms with E-state index >= 15 is 0 Å². The molecular weight excluding hydrogens is 370 g/mol. The highest BCUT2D eigenvalue weighted by atomic mass is 16.6. The Balaban J connectivity index is 1.53. The monoisotopic (exact) mass is 391 g/mol. The number of aromatic nitrogens is 3. The van der Waals surface area contributed by atoms with Crippen molar-refractivity contribution < 1.29 is 14.7 Å². The Morgan fingerprint density at radius 2 is 2.14 bits per heavy atom. The standard InChI is InChI=1S/C21H21N5O3/c1-26(20-23-10-8-19(24-20)15-3-2-9-22-13-15)17-6-4-14-5-7-18(12-16(14)11-17)29-21(27)25-28/h2-3,5,7-10,12-13,17,28H,4,6,11H2,1H3,(H,25,27). The summed E-state index contributed by atoms with van der Waals surface area (Å²) in [6.45, 7) is 0. The predicted molar refractivity (Wildman–Crippen MR) is 107 cm³/mol. The number of hydroxylamine groups is 1. The number of rotatable bonds is 4. The summed E-state index contributed by atoms with van der Waals surface area (Å²) >= 11 is 0. The smallest absolute Gasteiger partial charge is 0.409 e. The highest BCUT2D eigenvalue weighted by Crippen LogP contribution is 2.29. The largest absolute Gasteiger partial charge is 0.436 e. The summed E-state index contributed by atoms with van der Waals surface area (Å²) in [6, 6.07) is 11.5. The molecule has 1 amide bonds. The fraction of sp³-hybridized carbons (Fsp3) is 0.238. The number of nitrogens with one attached hydrogen (secondary N) is 1. The number of carbonyl (C=O) groups excluding carboxylic acids is 1. The van der Waals surface area contributed by atoms with E-state index < -0.39 is 6.09 Å². The zero-order valence-corrected chi connectivity index (χ0v) is 15.9. The van der Waals surface area contributed by atoms with Crippen molar-refractivity contribution in [3.63, 3.8) is 0 Å². The molecule has 0 fully saturated rings. The number of benzene rings is 1. The molecule has 0 spiro atoms. The van der Waals surface area contributed by atoms with Crippen LogP contribution in [-0.4, -0.2) is 39.3 Å². The van der Waals surface area contributed by atoms with Gasteiger partial charge in [0.2, 0.25) is 5.95 Å². The second-order valence-corrected chi connectivity index (χ2v) is 6.92. The van der Waals surface area contributed by atoms with E-state index in [9.17, 15) is 4.79 Å².